The normalized spacial score (nSPS) is 11.0. The molecule has 1 aromatic heterocycles. The van der Waals surface area contributed by atoms with Gasteiger partial charge in [-0.3, -0.25) is 4.79 Å². The molecule has 0 amide bonds. The number of para-hydroxylation sites is 1. The van der Waals surface area contributed by atoms with Crippen LogP contribution in [0.2, 0.25) is 0 Å². The van der Waals surface area contributed by atoms with Crippen LogP contribution in [0.3, 0.4) is 0 Å². The van der Waals surface area contributed by atoms with E-state index in [1.165, 1.54) is 0 Å². The number of aryl methyl sites for hydroxylation is 1. The quantitative estimate of drug-likeness (QED) is 0.331. The van der Waals surface area contributed by atoms with Crippen molar-refractivity contribution in [1.29, 1.82) is 0 Å². The minimum absolute atomic E-state index is 0.179. The highest BCUT2D eigenvalue weighted by Crippen LogP contribution is 2.32. The summed E-state index contributed by atoms with van der Waals surface area (Å²) in [4.78, 5) is 12.0. The highest BCUT2D eigenvalue weighted by atomic mass is 16.5. The van der Waals surface area contributed by atoms with Crippen LogP contribution < -0.4 is 10.5 Å². The Hall–Kier alpha value is -3.57. The van der Waals surface area contributed by atoms with Crippen molar-refractivity contribution < 1.29 is 18.7 Å². The number of furan rings is 1. The van der Waals surface area contributed by atoms with Crippen LogP contribution in [0.25, 0.3) is 22.1 Å². The fourth-order valence-corrected chi connectivity index (χ4v) is 4.01. The molecule has 33 heavy (non-hydrogen) atoms. The number of hydrogen-bond acceptors (Lipinski definition) is 5. The maximum absolute atomic E-state index is 12.0. The number of esters is 1. The van der Waals surface area contributed by atoms with Gasteiger partial charge in [-0.15, -0.1) is 0 Å². The average molecular weight is 444 g/mol. The molecule has 0 aliphatic carbocycles. The average Bonchev–Trinajstić information content (AvgIpc) is 3.20. The first-order chi connectivity index (χ1) is 16.1. The lowest BCUT2D eigenvalue weighted by atomic mass is 10.00. The molecule has 0 spiro atoms. The van der Waals surface area contributed by atoms with Gasteiger partial charge < -0.3 is 19.6 Å². The number of carbonyl (C=O) groups excluding carboxylic acids is 1. The second-order valence-electron chi connectivity index (χ2n) is 7.85. The Morgan fingerprint density at radius 2 is 1.79 bits per heavy atom. The van der Waals surface area contributed by atoms with Crippen LogP contribution in [-0.4, -0.2) is 12.6 Å². The maximum Gasteiger partial charge on any atom is 0.310 e. The van der Waals surface area contributed by atoms with Crippen molar-refractivity contribution in [3.63, 3.8) is 0 Å². The molecule has 4 aromatic rings. The number of nitrogens with two attached hydrogens (primary N) is 1. The van der Waals surface area contributed by atoms with Gasteiger partial charge in [-0.2, -0.15) is 0 Å². The van der Waals surface area contributed by atoms with E-state index in [4.69, 9.17) is 19.6 Å². The number of ether oxygens (including phenoxy) is 2. The van der Waals surface area contributed by atoms with Crippen molar-refractivity contribution in [2.75, 3.05) is 6.61 Å². The molecule has 5 heteroatoms. The van der Waals surface area contributed by atoms with E-state index in [1.807, 2.05) is 42.5 Å². The van der Waals surface area contributed by atoms with Crippen molar-refractivity contribution in [3.8, 4) is 16.9 Å². The van der Waals surface area contributed by atoms with E-state index in [0.717, 1.165) is 51.0 Å². The Bertz CT molecular complexity index is 1260. The molecule has 1 heterocycles. The van der Waals surface area contributed by atoms with Crippen molar-refractivity contribution in [2.24, 2.45) is 5.73 Å². The number of carbonyl (C=O) groups is 1. The molecular formula is C28H29NO4. The van der Waals surface area contributed by atoms with Crippen LogP contribution in [-0.2, 0) is 35.5 Å². The van der Waals surface area contributed by atoms with Crippen LogP contribution >= 0.6 is 0 Å². The van der Waals surface area contributed by atoms with Crippen LogP contribution in [0.4, 0.5) is 0 Å². The van der Waals surface area contributed by atoms with Gasteiger partial charge in [0.05, 0.1) is 13.0 Å². The minimum atomic E-state index is -0.263. The molecule has 0 unspecified atom stereocenters. The molecule has 0 aliphatic heterocycles. The van der Waals surface area contributed by atoms with Crippen molar-refractivity contribution in [2.45, 2.75) is 39.8 Å². The summed E-state index contributed by atoms with van der Waals surface area (Å²) in [5.74, 6) is 1.32. The predicted molar refractivity (Wildman–Crippen MR) is 130 cm³/mol. The van der Waals surface area contributed by atoms with E-state index >= 15 is 0 Å². The molecule has 0 aliphatic rings. The van der Waals surface area contributed by atoms with E-state index < -0.39 is 0 Å². The Labute approximate surface area is 194 Å². The van der Waals surface area contributed by atoms with Gasteiger partial charge in [-0.05, 0) is 47.9 Å². The third-order valence-electron chi connectivity index (χ3n) is 5.68. The van der Waals surface area contributed by atoms with Crippen molar-refractivity contribution in [3.05, 3.63) is 89.2 Å². The van der Waals surface area contributed by atoms with Gasteiger partial charge >= 0.3 is 5.97 Å². The highest BCUT2D eigenvalue weighted by molar-refractivity contribution is 5.87. The lowest BCUT2D eigenvalue weighted by molar-refractivity contribution is -0.142. The summed E-state index contributed by atoms with van der Waals surface area (Å²) in [6, 6.07) is 22.1. The van der Waals surface area contributed by atoms with Gasteiger partial charge in [0.1, 0.15) is 23.7 Å². The SMILES string of the molecule is CCOC(=O)Cc1ccccc1OCc1c(CC)oc2ccc(-c3cccc(CN)c3)cc12. The number of hydrogen-bond donors (Lipinski definition) is 1. The van der Waals surface area contributed by atoms with E-state index in [0.29, 0.717) is 25.5 Å². The summed E-state index contributed by atoms with van der Waals surface area (Å²) in [6.07, 6.45) is 0.939. The molecule has 3 aromatic carbocycles. The summed E-state index contributed by atoms with van der Waals surface area (Å²) < 4.78 is 17.4. The number of rotatable bonds is 9. The summed E-state index contributed by atoms with van der Waals surface area (Å²) in [5, 5.41) is 1.03. The zero-order valence-electron chi connectivity index (χ0n) is 19.1. The highest BCUT2D eigenvalue weighted by Gasteiger charge is 2.16. The standard InChI is InChI=1S/C28H29NO4/c1-3-25-24(18-32-26-11-6-5-9-22(26)16-28(30)31-4-2)23-15-21(12-13-27(23)33-25)20-10-7-8-19(14-20)17-29/h5-15H,3-4,16-18,29H2,1-2H3. The van der Waals surface area contributed by atoms with Crippen LogP contribution in [0, 0.1) is 0 Å². The fourth-order valence-electron chi connectivity index (χ4n) is 4.01. The first-order valence-corrected chi connectivity index (χ1v) is 11.3. The molecule has 0 saturated heterocycles. The first kappa shape index (κ1) is 22.6. The first-order valence-electron chi connectivity index (χ1n) is 11.3. The summed E-state index contributed by atoms with van der Waals surface area (Å²) in [7, 11) is 0. The van der Waals surface area contributed by atoms with E-state index in [9.17, 15) is 4.79 Å². The molecule has 0 bridgehead atoms. The largest absolute Gasteiger partial charge is 0.488 e. The minimum Gasteiger partial charge on any atom is -0.488 e. The Balaban J connectivity index is 1.64. The van der Waals surface area contributed by atoms with Gasteiger partial charge in [-0.25, -0.2) is 0 Å². The van der Waals surface area contributed by atoms with Crippen molar-refractivity contribution in [1.82, 2.24) is 0 Å². The third-order valence-corrected chi connectivity index (χ3v) is 5.68. The fraction of sp³-hybridized carbons (Fsp3) is 0.250. The number of benzene rings is 3. The summed E-state index contributed by atoms with van der Waals surface area (Å²) in [6.45, 7) is 5.09. The monoisotopic (exact) mass is 443 g/mol. The molecule has 170 valence electrons. The van der Waals surface area contributed by atoms with Gasteiger partial charge in [-0.1, -0.05) is 49.4 Å². The summed E-state index contributed by atoms with van der Waals surface area (Å²) in [5.41, 5.74) is 11.8. The van der Waals surface area contributed by atoms with Crippen LogP contribution in [0.1, 0.15) is 36.3 Å². The van der Waals surface area contributed by atoms with Gasteiger partial charge in [0, 0.05) is 29.5 Å². The maximum atomic E-state index is 12.0. The molecular weight excluding hydrogens is 414 g/mol. The molecule has 5 nitrogen and oxygen atoms in total. The van der Waals surface area contributed by atoms with E-state index in [1.54, 1.807) is 6.92 Å². The topological polar surface area (TPSA) is 74.7 Å². The Kier molecular flexibility index (Phi) is 7.10. The van der Waals surface area contributed by atoms with Gasteiger partial charge in [0.15, 0.2) is 0 Å². The van der Waals surface area contributed by atoms with E-state index in [2.05, 4.69) is 31.2 Å². The third kappa shape index (κ3) is 5.10. The number of fused-ring (bicyclic) bond motifs is 1. The molecule has 0 saturated carbocycles. The van der Waals surface area contributed by atoms with Crippen LogP contribution in [0.5, 0.6) is 5.75 Å². The predicted octanol–water partition coefficient (Wildman–Crippen LogP) is 5.81. The van der Waals surface area contributed by atoms with Crippen molar-refractivity contribution >= 4 is 16.9 Å². The van der Waals surface area contributed by atoms with Crippen LogP contribution in [0.15, 0.2) is 71.1 Å². The molecule has 4 rings (SSSR count). The zero-order valence-corrected chi connectivity index (χ0v) is 19.1. The summed E-state index contributed by atoms with van der Waals surface area (Å²) >= 11 is 0. The molecule has 0 atom stereocenters. The van der Waals surface area contributed by atoms with Gasteiger partial charge in [0.25, 0.3) is 0 Å². The second-order valence-corrected chi connectivity index (χ2v) is 7.85. The lowest BCUT2D eigenvalue weighted by Gasteiger charge is -2.12. The van der Waals surface area contributed by atoms with E-state index in [-0.39, 0.29) is 12.4 Å². The zero-order chi connectivity index (χ0) is 23.2. The molecule has 0 radical (unpaired) electrons. The smallest absolute Gasteiger partial charge is 0.310 e. The Morgan fingerprint density at radius 1 is 0.970 bits per heavy atom. The van der Waals surface area contributed by atoms with Gasteiger partial charge in [0.2, 0.25) is 0 Å². The Morgan fingerprint density at radius 3 is 2.58 bits per heavy atom. The molecule has 2 N–H and O–H groups in total. The second kappa shape index (κ2) is 10.4. The lowest BCUT2D eigenvalue weighted by Crippen LogP contribution is -2.09. The molecule has 0 fully saturated rings.